The summed E-state index contributed by atoms with van der Waals surface area (Å²) in [6.07, 6.45) is 5.36. The Balaban J connectivity index is 1.36. The van der Waals surface area contributed by atoms with Gasteiger partial charge in [-0.2, -0.15) is 5.10 Å². The van der Waals surface area contributed by atoms with E-state index in [1.165, 1.54) is 0 Å². The first-order valence-corrected chi connectivity index (χ1v) is 11.6. The van der Waals surface area contributed by atoms with Crippen molar-refractivity contribution in [2.24, 2.45) is 0 Å². The second kappa shape index (κ2) is 8.20. The molecule has 5 rings (SSSR count). The highest BCUT2D eigenvalue weighted by molar-refractivity contribution is 5.91. The number of nitrogens with zero attached hydrogens (tertiary/aromatic N) is 4. The fraction of sp³-hybridized carbons (Fsp3) is 0.500. The number of nitrogens with one attached hydrogen (secondary N) is 3. The van der Waals surface area contributed by atoms with Gasteiger partial charge in [0.25, 0.3) is 0 Å². The van der Waals surface area contributed by atoms with E-state index in [2.05, 4.69) is 25.8 Å². The second-order valence-corrected chi connectivity index (χ2v) is 10.1. The van der Waals surface area contributed by atoms with Crippen LogP contribution in [0.5, 0.6) is 0 Å². The number of aromatic amines is 1. The highest BCUT2D eigenvalue weighted by Crippen LogP contribution is 2.38. The lowest BCUT2D eigenvalue weighted by Gasteiger charge is -2.39. The number of hydrogen-bond acceptors (Lipinski definition) is 7. The third kappa shape index (κ3) is 4.58. The topological polar surface area (TPSA) is 108 Å². The van der Waals surface area contributed by atoms with Crippen LogP contribution in [0, 0.1) is 6.92 Å². The van der Waals surface area contributed by atoms with E-state index in [1.807, 2.05) is 56.9 Å². The van der Waals surface area contributed by atoms with Gasteiger partial charge in [-0.25, -0.2) is 9.78 Å². The molecule has 2 unspecified atom stereocenters. The number of H-pyrrole nitrogens is 1. The van der Waals surface area contributed by atoms with E-state index in [9.17, 15) is 4.79 Å². The van der Waals surface area contributed by atoms with E-state index in [0.29, 0.717) is 11.6 Å². The van der Waals surface area contributed by atoms with Gasteiger partial charge in [0.1, 0.15) is 17.2 Å². The average Bonchev–Trinajstić information content (AvgIpc) is 3.27. The highest BCUT2D eigenvalue weighted by atomic mass is 16.6. The molecule has 0 radical (unpaired) electrons. The summed E-state index contributed by atoms with van der Waals surface area (Å²) in [7, 11) is 0. The van der Waals surface area contributed by atoms with Crippen LogP contribution in [-0.2, 0) is 4.74 Å². The normalized spacial score (nSPS) is 22.4. The molecule has 33 heavy (non-hydrogen) atoms. The lowest BCUT2D eigenvalue weighted by Crippen LogP contribution is -2.51. The maximum Gasteiger partial charge on any atom is 0.410 e. The predicted octanol–water partition coefficient (Wildman–Crippen LogP) is 4.75. The van der Waals surface area contributed by atoms with Crippen LogP contribution < -0.4 is 10.6 Å². The number of amides is 1. The zero-order valence-corrected chi connectivity index (χ0v) is 19.6. The molecule has 2 atom stereocenters. The van der Waals surface area contributed by atoms with Crippen molar-refractivity contribution in [1.29, 1.82) is 0 Å². The summed E-state index contributed by atoms with van der Waals surface area (Å²) in [4.78, 5) is 24.1. The van der Waals surface area contributed by atoms with E-state index < -0.39 is 5.60 Å². The summed E-state index contributed by atoms with van der Waals surface area (Å²) in [5, 5.41) is 15.1. The Morgan fingerprint density at radius 3 is 2.61 bits per heavy atom. The smallest absolute Gasteiger partial charge is 0.410 e. The molecule has 9 nitrogen and oxygen atoms in total. The number of ether oxygens (including phenoxy) is 1. The van der Waals surface area contributed by atoms with E-state index in [1.54, 1.807) is 6.20 Å². The van der Waals surface area contributed by atoms with Crippen LogP contribution in [0.3, 0.4) is 0 Å². The number of piperidine rings is 1. The maximum atomic E-state index is 12.8. The van der Waals surface area contributed by atoms with Crippen molar-refractivity contribution in [3.8, 4) is 0 Å². The van der Waals surface area contributed by atoms with Crippen molar-refractivity contribution >= 4 is 34.4 Å². The van der Waals surface area contributed by atoms with E-state index in [4.69, 9.17) is 9.72 Å². The number of carbonyl (C=O) groups is 1. The van der Waals surface area contributed by atoms with Crippen molar-refractivity contribution < 1.29 is 9.53 Å². The molecule has 3 aromatic heterocycles. The summed E-state index contributed by atoms with van der Waals surface area (Å²) >= 11 is 0. The molecule has 2 bridgehead atoms. The van der Waals surface area contributed by atoms with Gasteiger partial charge in [-0.15, -0.1) is 0 Å². The molecule has 5 heterocycles. The minimum atomic E-state index is -0.484. The molecular weight excluding hydrogens is 418 g/mol. The summed E-state index contributed by atoms with van der Waals surface area (Å²) in [5.41, 5.74) is 1.35. The largest absolute Gasteiger partial charge is 0.444 e. The first-order valence-electron chi connectivity index (χ1n) is 11.6. The number of hydrogen-bond donors (Lipinski definition) is 3. The number of anilines is 3. The van der Waals surface area contributed by atoms with Gasteiger partial charge in [0, 0.05) is 47.5 Å². The van der Waals surface area contributed by atoms with Crippen LogP contribution in [0.15, 0.2) is 30.5 Å². The van der Waals surface area contributed by atoms with E-state index >= 15 is 0 Å². The fourth-order valence-corrected chi connectivity index (χ4v) is 4.96. The van der Waals surface area contributed by atoms with Crippen LogP contribution in [0.2, 0.25) is 0 Å². The summed E-state index contributed by atoms with van der Waals surface area (Å²) in [6.45, 7) is 7.70. The van der Waals surface area contributed by atoms with Crippen molar-refractivity contribution in [2.75, 3.05) is 10.6 Å². The van der Waals surface area contributed by atoms with Crippen molar-refractivity contribution in [3.63, 3.8) is 0 Å². The van der Waals surface area contributed by atoms with Gasteiger partial charge in [-0.3, -0.25) is 10.1 Å². The molecule has 2 fully saturated rings. The van der Waals surface area contributed by atoms with Crippen molar-refractivity contribution in [3.05, 3.63) is 36.2 Å². The molecule has 2 aliphatic heterocycles. The van der Waals surface area contributed by atoms with Gasteiger partial charge in [0.2, 0.25) is 0 Å². The minimum absolute atomic E-state index is 0.189. The highest BCUT2D eigenvalue weighted by Gasteiger charge is 2.45. The van der Waals surface area contributed by atoms with Crippen LogP contribution in [0.4, 0.5) is 22.2 Å². The first kappa shape index (κ1) is 21.5. The van der Waals surface area contributed by atoms with Gasteiger partial charge >= 0.3 is 6.09 Å². The van der Waals surface area contributed by atoms with Gasteiger partial charge in [0.15, 0.2) is 5.82 Å². The molecule has 0 saturated carbocycles. The summed E-state index contributed by atoms with van der Waals surface area (Å²) in [5.74, 6) is 2.19. The van der Waals surface area contributed by atoms with E-state index in [0.717, 1.165) is 48.1 Å². The molecule has 2 saturated heterocycles. The molecular formula is C24H31N7O2. The van der Waals surface area contributed by atoms with Gasteiger partial charge in [-0.05, 0) is 65.5 Å². The number of aromatic nitrogens is 4. The Hall–Kier alpha value is -3.36. The molecule has 9 heteroatoms. The summed E-state index contributed by atoms with van der Waals surface area (Å²) in [6, 6.07) is 8.42. The first-order chi connectivity index (χ1) is 15.7. The SMILES string of the molecule is Cc1cc(Nc2cc3ncccc3c(NC3CC4CCC(C3)N4C(=O)OC(C)(C)C)n2)n[nH]1. The Labute approximate surface area is 193 Å². The Morgan fingerprint density at radius 2 is 1.94 bits per heavy atom. The Morgan fingerprint density at radius 1 is 1.18 bits per heavy atom. The number of aryl methyl sites for hydroxylation is 1. The van der Waals surface area contributed by atoms with Gasteiger partial charge in [0.05, 0.1) is 5.52 Å². The third-order valence-electron chi connectivity index (χ3n) is 6.24. The van der Waals surface area contributed by atoms with Gasteiger partial charge in [-0.1, -0.05) is 0 Å². The zero-order valence-electron chi connectivity index (χ0n) is 19.6. The molecule has 0 aliphatic carbocycles. The number of rotatable bonds is 4. The number of carbonyl (C=O) groups excluding carboxylic acids is 1. The Bertz CT molecular complexity index is 1160. The second-order valence-electron chi connectivity index (χ2n) is 10.1. The molecule has 1 amide bonds. The average molecular weight is 450 g/mol. The summed E-state index contributed by atoms with van der Waals surface area (Å²) < 4.78 is 5.67. The third-order valence-corrected chi connectivity index (χ3v) is 6.24. The molecule has 174 valence electrons. The molecule has 3 aromatic rings. The van der Waals surface area contributed by atoms with E-state index in [-0.39, 0.29) is 24.2 Å². The van der Waals surface area contributed by atoms with Crippen LogP contribution >= 0.6 is 0 Å². The van der Waals surface area contributed by atoms with Crippen LogP contribution in [0.1, 0.15) is 52.1 Å². The zero-order chi connectivity index (χ0) is 23.2. The monoisotopic (exact) mass is 449 g/mol. The van der Waals surface area contributed by atoms with Crippen molar-refractivity contribution in [1.82, 2.24) is 25.1 Å². The van der Waals surface area contributed by atoms with Gasteiger partial charge < -0.3 is 20.3 Å². The standard InChI is InChI=1S/C24H31N7O2/c1-14-10-21(30-29-14)27-20-13-19-18(6-5-9-25-19)22(28-20)26-15-11-16-7-8-17(12-15)31(16)23(32)33-24(2,3)4/h5-6,9-10,13,15-17H,7-8,11-12H2,1-4H3,(H3,26,27,28,29,30). The Kier molecular flexibility index (Phi) is 5.34. The van der Waals surface area contributed by atoms with Crippen LogP contribution in [-0.4, -0.2) is 54.9 Å². The lowest BCUT2D eigenvalue weighted by molar-refractivity contribution is 0.00683. The number of pyridine rings is 2. The molecule has 3 N–H and O–H groups in total. The molecule has 0 spiro atoms. The lowest BCUT2D eigenvalue weighted by atomic mass is 9.97. The maximum absolute atomic E-state index is 12.8. The molecule has 2 aliphatic rings. The van der Waals surface area contributed by atoms with Crippen LogP contribution in [0.25, 0.3) is 10.9 Å². The predicted molar refractivity (Wildman–Crippen MR) is 128 cm³/mol. The van der Waals surface area contributed by atoms with Crippen molar-refractivity contribution in [2.45, 2.75) is 77.1 Å². The number of fused-ring (bicyclic) bond motifs is 3. The quantitative estimate of drug-likeness (QED) is 0.527. The molecule has 0 aromatic carbocycles. The fourth-order valence-electron chi connectivity index (χ4n) is 4.96. The minimum Gasteiger partial charge on any atom is -0.444 e.